The van der Waals surface area contributed by atoms with Crippen LogP contribution in [0.5, 0.6) is 0 Å². The van der Waals surface area contributed by atoms with Gasteiger partial charge < -0.3 is 14.7 Å². The summed E-state index contributed by atoms with van der Waals surface area (Å²) in [6.45, 7) is 0.256. The standard InChI is InChI=1S/C21H29N2O7P/c24-18-13-12-17(20(25)23-19(30-21(26)27)11-7-14-22(18)23)31(28,29)15-6-2-5-10-16-8-3-1-4-9-16/h1,3-4,8-9,17,19H,2,5-7,10-15H2,(H,26,27)(H,28,29)/t17-,19?/m0/s1. The summed E-state index contributed by atoms with van der Waals surface area (Å²) in [5, 5.41) is 11.1. The molecule has 1 aromatic carbocycles. The summed E-state index contributed by atoms with van der Waals surface area (Å²) < 4.78 is 17.9. The Balaban J connectivity index is 1.62. The van der Waals surface area contributed by atoms with Gasteiger partial charge in [0.15, 0.2) is 6.23 Å². The van der Waals surface area contributed by atoms with Gasteiger partial charge in [0.1, 0.15) is 5.66 Å². The Kier molecular flexibility index (Phi) is 7.73. The molecule has 0 saturated carbocycles. The highest BCUT2D eigenvalue weighted by Gasteiger charge is 2.48. The Morgan fingerprint density at radius 3 is 2.58 bits per heavy atom. The molecule has 2 N–H and O–H groups in total. The van der Waals surface area contributed by atoms with Crippen molar-refractivity contribution in [3.8, 4) is 0 Å². The van der Waals surface area contributed by atoms with Crippen molar-refractivity contribution in [1.29, 1.82) is 0 Å². The zero-order chi connectivity index (χ0) is 22.4. The molecule has 0 radical (unpaired) electrons. The van der Waals surface area contributed by atoms with Crippen LogP contribution in [-0.2, 0) is 25.3 Å². The molecule has 31 heavy (non-hydrogen) atoms. The van der Waals surface area contributed by atoms with Crippen molar-refractivity contribution in [2.24, 2.45) is 0 Å². The molecule has 2 heterocycles. The molecule has 3 atom stereocenters. The molecule has 3 rings (SSSR count). The fourth-order valence-electron chi connectivity index (χ4n) is 4.22. The van der Waals surface area contributed by atoms with Crippen LogP contribution >= 0.6 is 7.37 Å². The van der Waals surface area contributed by atoms with Crippen LogP contribution in [0.15, 0.2) is 30.3 Å². The molecular formula is C21H29N2O7P. The van der Waals surface area contributed by atoms with Gasteiger partial charge in [-0.1, -0.05) is 36.8 Å². The van der Waals surface area contributed by atoms with E-state index >= 15 is 0 Å². The fraction of sp³-hybridized carbons (Fsp3) is 0.571. The van der Waals surface area contributed by atoms with Crippen molar-refractivity contribution in [2.45, 2.75) is 63.3 Å². The average Bonchev–Trinajstić information content (AvgIpc) is 2.86. The number of hydrogen-bond acceptors (Lipinski definition) is 5. The highest BCUT2D eigenvalue weighted by Crippen LogP contribution is 2.51. The number of carbonyl (C=O) groups excluding carboxylic acids is 2. The molecule has 2 fully saturated rings. The second-order valence-corrected chi connectivity index (χ2v) is 10.6. The minimum absolute atomic E-state index is 0.00924. The number of nitrogens with zero attached hydrogens (tertiary/aromatic N) is 2. The maximum Gasteiger partial charge on any atom is 0.507 e. The molecule has 0 aromatic heterocycles. The van der Waals surface area contributed by atoms with Crippen LogP contribution in [0.25, 0.3) is 0 Å². The largest absolute Gasteiger partial charge is 0.507 e. The van der Waals surface area contributed by atoms with Crippen molar-refractivity contribution in [3.05, 3.63) is 35.9 Å². The summed E-state index contributed by atoms with van der Waals surface area (Å²) in [5.41, 5.74) is -0.0182. The van der Waals surface area contributed by atoms with Gasteiger partial charge in [-0.2, -0.15) is 0 Å². The molecule has 2 amide bonds. The van der Waals surface area contributed by atoms with Crippen LogP contribution in [0.3, 0.4) is 0 Å². The highest BCUT2D eigenvalue weighted by molar-refractivity contribution is 7.59. The number of carboxylic acid groups (broad SMARTS) is 1. The molecule has 0 bridgehead atoms. The van der Waals surface area contributed by atoms with Gasteiger partial charge in [0, 0.05) is 25.5 Å². The van der Waals surface area contributed by atoms with Crippen molar-refractivity contribution in [1.82, 2.24) is 10.0 Å². The number of unbranched alkanes of at least 4 members (excludes halogenated alkanes) is 2. The molecule has 9 nitrogen and oxygen atoms in total. The first-order valence-corrected chi connectivity index (χ1v) is 12.6. The van der Waals surface area contributed by atoms with Crippen LogP contribution in [-0.4, -0.2) is 62.6 Å². The van der Waals surface area contributed by atoms with Crippen molar-refractivity contribution in [2.75, 3.05) is 12.7 Å². The lowest BCUT2D eigenvalue weighted by molar-refractivity contribution is -0.194. The summed E-state index contributed by atoms with van der Waals surface area (Å²) >= 11 is 0. The average molecular weight is 452 g/mol. The van der Waals surface area contributed by atoms with Gasteiger partial charge in [0.05, 0.1) is 0 Å². The lowest BCUT2D eigenvalue weighted by atomic mass is 10.1. The molecule has 0 aliphatic carbocycles. The van der Waals surface area contributed by atoms with E-state index in [4.69, 9.17) is 9.84 Å². The van der Waals surface area contributed by atoms with Crippen LogP contribution in [0.4, 0.5) is 4.79 Å². The van der Waals surface area contributed by atoms with E-state index in [0.29, 0.717) is 12.8 Å². The second-order valence-electron chi connectivity index (χ2n) is 8.01. The molecular weight excluding hydrogens is 423 g/mol. The Morgan fingerprint density at radius 2 is 1.87 bits per heavy atom. The minimum atomic E-state index is -3.89. The molecule has 1 aromatic rings. The monoisotopic (exact) mass is 452 g/mol. The first-order chi connectivity index (χ1) is 14.8. The molecule has 2 unspecified atom stereocenters. The lowest BCUT2D eigenvalue weighted by Crippen LogP contribution is -2.59. The smallest absolute Gasteiger partial charge is 0.450 e. The Hall–Kier alpha value is -2.38. The summed E-state index contributed by atoms with van der Waals surface area (Å²) in [6, 6.07) is 9.98. The third-order valence-electron chi connectivity index (χ3n) is 5.79. The third-order valence-corrected chi connectivity index (χ3v) is 8.21. The van der Waals surface area contributed by atoms with Gasteiger partial charge in [0.25, 0.3) is 5.91 Å². The maximum atomic E-state index is 13.2. The Labute approximate surface area is 181 Å². The van der Waals surface area contributed by atoms with Crippen LogP contribution < -0.4 is 0 Å². The normalized spacial score (nSPS) is 23.6. The number of fused-ring (bicyclic) bond motifs is 1. The Bertz CT molecular complexity index is 847. The summed E-state index contributed by atoms with van der Waals surface area (Å²) in [5.74, 6) is -1.07. The molecule has 2 saturated heterocycles. The zero-order valence-corrected chi connectivity index (χ0v) is 18.3. The SMILES string of the molecule is O=C(O)OC1CCCN2C(=O)CC[C@H](P(=O)(O)CCCCCc3ccccc3)C(=O)N12. The van der Waals surface area contributed by atoms with Gasteiger partial charge >= 0.3 is 6.16 Å². The number of benzene rings is 1. The maximum absolute atomic E-state index is 13.2. The van der Waals surface area contributed by atoms with E-state index in [1.807, 2.05) is 30.3 Å². The van der Waals surface area contributed by atoms with E-state index in [0.717, 1.165) is 24.3 Å². The van der Waals surface area contributed by atoms with Crippen molar-refractivity contribution >= 4 is 25.3 Å². The Morgan fingerprint density at radius 1 is 1.13 bits per heavy atom. The number of carbonyl (C=O) groups is 3. The first-order valence-electron chi connectivity index (χ1n) is 10.7. The predicted molar refractivity (Wildman–Crippen MR) is 112 cm³/mol. The molecule has 10 heteroatoms. The molecule has 0 spiro atoms. The van der Waals surface area contributed by atoms with E-state index < -0.39 is 31.3 Å². The first kappa shape index (κ1) is 23.3. The number of aryl methyl sites for hydroxylation is 1. The minimum Gasteiger partial charge on any atom is -0.450 e. The van der Waals surface area contributed by atoms with Crippen LogP contribution in [0.2, 0.25) is 0 Å². The van der Waals surface area contributed by atoms with E-state index in [1.165, 1.54) is 10.6 Å². The summed E-state index contributed by atoms with van der Waals surface area (Å²) in [7, 11) is -3.89. The highest BCUT2D eigenvalue weighted by atomic mass is 31.2. The van der Waals surface area contributed by atoms with E-state index in [1.54, 1.807) is 0 Å². The van der Waals surface area contributed by atoms with Crippen molar-refractivity contribution in [3.63, 3.8) is 0 Å². The van der Waals surface area contributed by atoms with Gasteiger partial charge in [0.2, 0.25) is 13.3 Å². The predicted octanol–water partition coefficient (Wildman–Crippen LogP) is 3.22. The lowest BCUT2D eigenvalue weighted by Gasteiger charge is -2.42. The number of hydrazine groups is 1. The quantitative estimate of drug-likeness (QED) is 0.352. The number of amides is 2. The molecule has 170 valence electrons. The van der Waals surface area contributed by atoms with E-state index in [-0.39, 0.29) is 37.9 Å². The van der Waals surface area contributed by atoms with Gasteiger partial charge in [-0.15, -0.1) is 0 Å². The summed E-state index contributed by atoms with van der Waals surface area (Å²) in [6.07, 6.45) is 0.933. The third kappa shape index (κ3) is 5.86. The number of ether oxygens (including phenoxy) is 1. The molecule has 2 aliphatic heterocycles. The van der Waals surface area contributed by atoms with E-state index in [2.05, 4.69) is 0 Å². The zero-order valence-electron chi connectivity index (χ0n) is 17.4. The number of hydrogen-bond donors (Lipinski definition) is 2. The number of rotatable bonds is 8. The van der Waals surface area contributed by atoms with Crippen LogP contribution in [0, 0.1) is 0 Å². The second kappa shape index (κ2) is 10.3. The molecule has 2 aliphatic rings. The fourth-order valence-corrected chi connectivity index (χ4v) is 6.20. The van der Waals surface area contributed by atoms with Gasteiger partial charge in [-0.05, 0) is 37.7 Å². The van der Waals surface area contributed by atoms with E-state index in [9.17, 15) is 23.8 Å². The van der Waals surface area contributed by atoms with Crippen LogP contribution in [0.1, 0.15) is 50.5 Å². The topological polar surface area (TPSA) is 124 Å². The summed E-state index contributed by atoms with van der Waals surface area (Å²) in [4.78, 5) is 47.4. The van der Waals surface area contributed by atoms with Crippen molar-refractivity contribution < 1.29 is 33.7 Å². The van der Waals surface area contributed by atoms with Gasteiger partial charge in [-0.25, -0.2) is 14.8 Å². The van der Waals surface area contributed by atoms with Gasteiger partial charge in [-0.3, -0.25) is 14.2 Å².